The summed E-state index contributed by atoms with van der Waals surface area (Å²) in [4.78, 5) is 9.22. The Morgan fingerprint density at radius 3 is 2.15 bits per heavy atom. The van der Waals surface area contributed by atoms with Gasteiger partial charge in [-0.05, 0) is 54.2 Å². The van der Waals surface area contributed by atoms with Crippen LogP contribution in [-0.2, 0) is 17.6 Å². The van der Waals surface area contributed by atoms with E-state index in [0.717, 1.165) is 36.3 Å². The third-order valence-electron chi connectivity index (χ3n) is 4.20. The first-order valence-electron chi connectivity index (χ1n) is 8.39. The number of fused-ring (bicyclic) bond motifs is 3. The van der Waals surface area contributed by atoms with Gasteiger partial charge >= 0.3 is 0 Å². The Balaban J connectivity index is 0.000000552. The van der Waals surface area contributed by atoms with Gasteiger partial charge in [0, 0.05) is 18.2 Å². The van der Waals surface area contributed by atoms with E-state index in [1.54, 1.807) is 21.3 Å². The first kappa shape index (κ1) is 19.4. The summed E-state index contributed by atoms with van der Waals surface area (Å²) in [5.74, 6) is 1.73. The quantitative estimate of drug-likeness (QED) is 0.822. The predicted molar refractivity (Wildman–Crippen MR) is 103 cm³/mol. The predicted octanol–water partition coefficient (Wildman–Crippen LogP) is 2.94. The minimum atomic E-state index is -0.333. The molecule has 0 bridgehead atoms. The Labute approximate surface area is 154 Å². The number of anilines is 1. The molecule has 1 amide bonds. The van der Waals surface area contributed by atoms with Crippen molar-refractivity contribution in [2.75, 3.05) is 27.1 Å². The third-order valence-corrected chi connectivity index (χ3v) is 4.20. The average Bonchev–Trinajstić information content (AvgIpc) is 2.77. The summed E-state index contributed by atoms with van der Waals surface area (Å²) in [6, 6.07) is 8.12. The van der Waals surface area contributed by atoms with Crippen molar-refractivity contribution >= 4 is 11.6 Å². The molecule has 0 spiro atoms. The molecule has 0 unspecified atom stereocenters. The summed E-state index contributed by atoms with van der Waals surface area (Å²) < 4.78 is 16.7. The highest BCUT2D eigenvalue weighted by Gasteiger charge is 2.25. The van der Waals surface area contributed by atoms with Gasteiger partial charge in [-0.15, -0.1) is 0 Å². The minimum absolute atomic E-state index is 0.333. The topological polar surface area (TPSA) is 96.8 Å². The Hall–Kier alpha value is -2.89. The van der Waals surface area contributed by atoms with Crippen LogP contribution in [0.3, 0.4) is 0 Å². The van der Waals surface area contributed by atoms with Crippen molar-refractivity contribution in [3.63, 3.8) is 0 Å². The van der Waals surface area contributed by atoms with Crippen LogP contribution in [0.5, 0.6) is 17.2 Å². The fraction of sp³-hybridized carbons (Fsp3) is 0.350. The molecule has 0 aromatic heterocycles. The molecule has 6 nitrogen and oxygen atoms in total. The maximum Gasteiger partial charge on any atom is 0.214 e. The second kappa shape index (κ2) is 8.47. The molecule has 1 aliphatic carbocycles. The summed E-state index contributed by atoms with van der Waals surface area (Å²) in [5, 5.41) is 0. The van der Waals surface area contributed by atoms with Crippen LogP contribution in [0.15, 0.2) is 24.3 Å². The van der Waals surface area contributed by atoms with E-state index in [1.807, 2.05) is 6.07 Å². The lowest BCUT2D eigenvalue weighted by molar-refractivity contribution is -0.115. The number of carbonyl (C=O) groups is 1. The maximum absolute atomic E-state index is 9.22. The molecule has 0 saturated carbocycles. The van der Waals surface area contributed by atoms with Crippen LogP contribution in [0, 0.1) is 0 Å². The maximum atomic E-state index is 9.22. The number of aryl methyl sites for hydroxylation is 2. The van der Waals surface area contributed by atoms with Crippen LogP contribution in [0.1, 0.15) is 24.5 Å². The summed E-state index contributed by atoms with van der Waals surface area (Å²) in [7, 11) is 4.95. The summed E-state index contributed by atoms with van der Waals surface area (Å²) >= 11 is 0. The van der Waals surface area contributed by atoms with Crippen molar-refractivity contribution in [1.29, 1.82) is 0 Å². The normalized spacial score (nSPS) is 11.8. The highest BCUT2D eigenvalue weighted by molar-refractivity contribution is 5.83. The molecular weight excluding hydrogens is 332 g/mol. The zero-order valence-corrected chi connectivity index (χ0v) is 15.7. The van der Waals surface area contributed by atoms with Gasteiger partial charge < -0.3 is 25.7 Å². The molecule has 4 N–H and O–H groups in total. The first-order valence-corrected chi connectivity index (χ1v) is 8.39. The van der Waals surface area contributed by atoms with Crippen molar-refractivity contribution < 1.29 is 19.0 Å². The van der Waals surface area contributed by atoms with Crippen molar-refractivity contribution in [1.82, 2.24) is 0 Å². The zero-order chi connectivity index (χ0) is 19.3. The summed E-state index contributed by atoms with van der Waals surface area (Å²) in [5.41, 5.74) is 15.9. The van der Waals surface area contributed by atoms with E-state index in [9.17, 15) is 4.79 Å². The molecule has 140 valence electrons. The van der Waals surface area contributed by atoms with Crippen LogP contribution in [-0.4, -0.2) is 27.2 Å². The molecule has 2 aromatic carbocycles. The molecule has 0 aliphatic heterocycles. The van der Waals surface area contributed by atoms with E-state index in [4.69, 9.17) is 19.9 Å². The number of nitrogens with two attached hydrogens (primary N) is 2. The highest BCUT2D eigenvalue weighted by atomic mass is 16.5. The van der Waals surface area contributed by atoms with Crippen LogP contribution in [0.25, 0.3) is 11.1 Å². The van der Waals surface area contributed by atoms with Crippen LogP contribution in [0.4, 0.5) is 5.69 Å². The Kier molecular flexibility index (Phi) is 6.33. The zero-order valence-electron chi connectivity index (χ0n) is 15.7. The fourth-order valence-corrected chi connectivity index (χ4v) is 3.23. The van der Waals surface area contributed by atoms with Gasteiger partial charge in [0.1, 0.15) is 0 Å². The number of benzene rings is 2. The lowest BCUT2D eigenvalue weighted by Gasteiger charge is -2.19. The molecule has 26 heavy (non-hydrogen) atoms. The lowest BCUT2D eigenvalue weighted by Crippen LogP contribution is -2.01. The van der Waals surface area contributed by atoms with Gasteiger partial charge in [-0.3, -0.25) is 4.79 Å². The van der Waals surface area contributed by atoms with Crippen molar-refractivity contribution in [3.05, 3.63) is 35.4 Å². The van der Waals surface area contributed by atoms with Gasteiger partial charge in [0.15, 0.2) is 11.5 Å². The molecule has 0 radical (unpaired) electrons. The van der Waals surface area contributed by atoms with Crippen molar-refractivity contribution in [2.45, 2.75) is 26.2 Å². The monoisotopic (exact) mass is 358 g/mol. The number of carbonyl (C=O) groups excluding carboxylic acids is 1. The second-order valence-electron chi connectivity index (χ2n) is 6.06. The van der Waals surface area contributed by atoms with E-state index in [-0.39, 0.29) is 5.91 Å². The number of nitrogen functional groups attached to an aromatic ring is 1. The molecule has 1 aliphatic rings. The molecule has 3 rings (SSSR count). The fourth-order valence-electron chi connectivity index (χ4n) is 3.23. The smallest absolute Gasteiger partial charge is 0.214 e. The number of rotatable bonds is 3. The van der Waals surface area contributed by atoms with Gasteiger partial charge in [-0.1, -0.05) is 6.07 Å². The van der Waals surface area contributed by atoms with Crippen molar-refractivity contribution in [3.8, 4) is 28.4 Å². The molecule has 0 saturated heterocycles. The SMILES string of the molecule is CC(N)=O.COc1cc2c(c(OC)c1OC)-c1ccc(N)cc1CCC2. The molecule has 2 aromatic rings. The number of ether oxygens (including phenoxy) is 3. The summed E-state index contributed by atoms with van der Waals surface area (Å²) in [6.07, 6.45) is 3.05. The molecule has 0 atom stereocenters. The standard InChI is InChI=1S/C18H21NO3.C2H5NO/c1-20-15-10-12-6-4-5-11-9-13(19)7-8-14(11)16(12)18(22-3)17(15)21-2;1-2(3)4/h7-10H,4-6,19H2,1-3H3;1H3,(H2,3,4). The Morgan fingerprint density at radius 2 is 1.58 bits per heavy atom. The van der Waals surface area contributed by atoms with E-state index in [0.29, 0.717) is 11.5 Å². The second-order valence-corrected chi connectivity index (χ2v) is 6.06. The molecule has 0 heterocycles. The molecule has 6 heteroatoms. The minimum Gasteiger partial charge on any atom is -0.493 e. The number of primary amides is 1. The van der Waals surface area contributed by atoms with Crippen molar-refractivity contribution in [2.24, 2.45) is 5.73 Å². The number of hydrogen-bond acceptors (Lipinski definition) is 5. The molecule has 0 fully saturated rings. The number of amides is 1. The van der Waals surface area contributed by atoms with Gasteiger partial charge in [-0.2, -0.15) is 0 Å². The Morgan fingerprint density at radius 1 is 0.962 bits per heavy atom. The van der Waals surface area contributed by atoms with E-state index in [2.05, 4.69) is 23.9 Å². The van der Waals surface area contributed by atoms with E-state index >= 15 is 0 Å². The largest absolute Gasteiger partial charge is 0.493 e. The third kappa shape index (κ3) is 4.02. The van der Waals surface area contributed by atoms with Crippen LogP contribution >= 0.6 is 0 Å². The van der Waals surface area contributed by atoms with Crippen LogP contribution in [0.2, 0.25) is 0 Å². The Bertz CT molecular complexity index is 799. The van der Waals surface area contributed by atoms with Gasteiger partial charge in [0.25, 0.3) is 0 Å². The average molecular weight is 358 g/mol. The molecular formula is C20H26N2O4. The number of hydrogen-bond donors (Lipinski definition) is 2. The first-order chi connectivity index (χ1) is 12.4. The van der Waals surface area contributed by atoms with Gasteiger partial charge in [-0.25, -0.2) is 0 Å². The van der Waals surface area contributed by atoms with E-state index in [1.165, 1.54) is 23.6 Å². The highest BCUT2D eigenvalue weighted by Crippen LogP contribution is 2.49. The lowest BCUT2D eigenvalue weighted by atomic mass is 9.94. The van der Waals surface area contributed by atoms with Gasteiger partial charge in [0.2, 0.25) is 11.7 Å². The van der Waals surface area contributed by atoms with Gasteiger partial charge in [0.05, 0.1) is 21.3 Å². The van der Waals surface area contributed by atoms with Crippen LogP contribution < -0.4 is 25.7 Å². The van der Waals surface area contributed by atoms with E-state index < -0.39 is 0 Å². The number of methoxy groups -OCH3 is 3. The summed E-state index contributed by atoms with van der Waals surface area (Å²) in [6.45, 7) is 1.31.